The Balaban J connectivity index is 2.08. The van der Waals surface area contributed by atoms with Gasteiger partial charge in [0.1, 0.15) is 0 Å². The molecule has 1 fully saturated rings. The minimum Gasteiger partial charge on any atom is -0.329 e. The minimum atomic E-state index is 0.349. The van der Waals surface area contributed by atoms with Gasteiger partial charge in [-0.05, 0) is 30.9 Å². The molecule has 96 valence electrons. The lowest BCUT2D eigenvalue weighted by Gasteiger charge is -2.39. The number of hydrogen-bond donors (Lipinski definition) is 1. The van der Waals surface area contributed by atoms with Crippen LogP contribution < -0.4 is 5.73 Å². The van der Waals surface area contributed by atoms with Gasteiger partial charge in [0.05, 0.1) is 11.1 Å². The molecule has 1 aromatic heterocycles. The number of nitrogens with zero attached hydrogens (tertiary/aromatic N) is 1. The molecule has 1 aliphatic rings. The summed E-state index contributed by atoms with van der Waals surface area (Å²) in [5.41, 5.74) is 5.95. The Morgan fingerprint density at radius 1 is 1.53 bits per heavy atom. The van der Waals surface area contributed by atoms with Crippen molar-refractivity contribution in [3.8, 4) is 0 Å². The zero-order valence-electron chi connectivity index (χ0n) is 10.5. The lowest BCUT2D eigenvalue weighted by atomic mass is 9.88. The summed E-state index contributed by atoms with van der Waals surface area (Å²) < 4.78 is 0. The molecule has 0 aromatic carbocycles. The van der Waals surface area contributed by atoms with E-state index in [4.69, 9.17) is 17.3 Å². The molecular weight excluding hydrogens is 252 g/mol. The summed E-state index contributed by atoms with van der Waals surface area (Å²) in [6, 6.07) is 2.41. The highest BCUT2D eigenvalue weighted by molar-refractivity contribution is 7.10. The summed E-state index contributed by atoms with van der Waals surface area (Å²) in [5, 5.41) is 2.83. The lowest BCUT2D eigenvalue weighted by molar-refractivity contribution is 0.0998. The third kappa shape index (κ3) is 3.02. The summed E-state index contributed by atoms with van der Waals surface area (Å²) in [5.74, 6) is 1.59. The van der Waals surface area contributed by atoms with Crippen LogP contribution in [0.5, 0.6) is 0 Å². The fourth-order valence-corrected chi connectivity index (χ4v) is 3.76. The average molecular weight is 273 g/mol. The topological polar surface area (TPSA) is 29.3 Å². The van der Waals surface area contributed by atoms with Crippen molar-refractivity contribution in [1.82, 2.24) is 4.90 Å². The van der Waals surface area contributed by atoms with E-state index in [2.05, 4.69) is 24.8 Å². The van der Waals surface area contributed by atoms with E-state index in [1.165, 1.54) is 11.3 Å². The first-order valence-corrected chi connectivity index (χ1v) is 7.55. The molecule has 0 aliphatic carbocycles. The van der Waals surface area contributed by atoms with Crippen LogP contribution in [0.15, 0.2) is 11.4 Å². The van der Waals surface area contributed by atoms with Gasteiger partial charge in [-0.15, -0.1) is 11.3 Å². The van der Waals surface area contributed by atoms with Gasteiger partial charge in [-0.3, -0.25) is 4.90 Å². The number of hydrogen-bond acceptors (Lipinski definition) is 3. The summed E-state index contributed by atoms with van der Waals surface area (Å²) in [6.45, 7) is 7.67. The van der Waals surface area contributed by atoms with Crippen LogP contribution >= 0.6 is 22.9 Å². The number of piperidine rings is 1. The zero-order chi connectivity index (χ0) is 12.4. The second-order valence-electron chi connectivity index (χ2n) is 5.16. The van der Waals surface area contributed by atoms with Crippen LogP contribution in [0.3, 0.4) is 0 Å². The van der Waals surface area contributed by atoms with Gasteiger partial charge in [0.25, 0.3) is 0 Å². The summed E-state index contributed by atoms with van der Waals surface area (Å²) >= 11 is 7.73. The molecule has 0 saturated carbocycles. The third-order valence-corrected chi connectivity index (χ3v) is 5.33. The maximum absolute atomic E-state index is 6.00. The predicted octanol–water partition coefficient (Wildman–Crippen LogP) is 3.38. The minimum absolute atomic E-state index is 0.349. The maximum atomic E-state index is 6.00. The molecule has 4 heteroatoms. The molecule has 3 atom stereocenters. The summed E-state index contributed by atoms with van der Waals surface area (Å²) in [7, 11) is 0. The highest BCUT2D eigenvalue weighted by Gasteiger charge is 2.28. The van der Waals surface area contributed by atoms with Crippen LogP contribution in [0.4, 0.5) is 0 Å². The molecule has 17 heavy (non-hydrogen) atoms. The lowest BCUT2D eigenvalue weighted by Crippen LogP contribution is -2.42. The Morgan fingerprint density at radius 3 is 2.82 bits per heavy atom. The number of thiophene rings is 1. The number of rotatable bonds is 3. The van der Waals surface area contributed by atoms with Crippen LogP contribution in [0, 0.1) is 11.8 Å². The van der Waals surface area contributed by atoms with E-state index in [0.717, 1.165) is 29.9 Å². The molecule has 0 amide bonds. The average Bonchev–Trinajstić information content (AvgIpc) is 2.71. The number of nitrogens with two attached hydrogens (primary N) is 1. The Hall–Kier alpha value is -0.0900. The van der Waals surface area contributed by atoms with Crippen LogP contribution in [0.1, 0.15) is 31.2 Å². The van der Waals surface area contributed by atoms with Gasteiger partial charge in [-0.2, -0.15) is 0 Å². The molecule has 0 spiro atoms. The zero-order valence-corrected chi connectivity index (χ0v) is 12.1. The quantitative estimate of drug-likeness (QED) is 0.914. The molecule has 2 rings (SSSR count). The van der Waals surface area contributed by atoms with Crippen molar-refractivity contribution in [2.24, 2.45) is 17.6 Å². The Morgan fingerprint density at radius 2 is 2.29 bits per heavy atom. The SMILES string of the molecule is CC1CCN(C(CN)c2cc(Cl)cs2)CC1C. The van der Waals surface area contributed by atoms with Gasteiger partial charge in [-0.25, -0.2) is 0 Å². The monoisotopic (exact) mass is 272 g/mol. The molecule has 1 saturated heterocycles. The first-order valence-electron chi connectivity index (χ1n) is 6.30. The normalized spacial score (nSPS) is 28.2. The fourth-order valence-electron chi connectivity index (χ4n) is 2.53. The van der Waals surface area contributed by atoms with Crippen molar-refractivity contribution >= 4 is 22.9 Å². The second-order valence-corrected chi connectivity index (χ2v) is 6.54. The van der Waals surface area contributed by atoms with Crippen LogP contribution in [0.25, 0.3) is 0 Å². The van der Waals surface area contributed by atoms with Gasteiger partial charge in [0.15, 0.2) is 0 Å². The maximum Gasteiger partial charge on any atom is 0.0564 e. The molecule has 1 aliphatic heterocycles. The fraction of sp³-hybridized carbons (Fsp3) is 0.692. The van der Waals surface area contributed by atoms with Crippen molar-refractivity contribution in [2.45, 2.75) is 26.3 Å². The smallest absolute Gasteiger partial charge is 0.0564 e. The Kier molecular flexibility index (Phi) is 4.47. The van der Waals surface area contributed by atoms with E-state index in [0.29, 0.717) is 12.6 Å². The van der Waals surface area contributed by atoms with Crippen LogP contribution in [-0.4, -0.2) is 24.5 Å². The van der Waals surface area contributed by atoms with Crippen molar-refractivity contribution in [3.63, 3.8) is 0 Å². The van der Waals surface area contributed by atoms with Crippen LogP contribution in [0.2, 0.25) is 5.02 Å². The second kappa shape index (κ2) is 5.70. The van der Waals surface area contributed by atoms with Crippen molar-refractivity contribution < 1.29 is 0 Å². The predicted molar refractivity (Wildman–Crippen MR) is 75.6 cm³/mol. The van der Waals surface area contributed by atoms with Crippen molar-refractivity contribution in [3.05, 3.63) is 21.3 Å². The molecule has 0 radical (unpaired) electrons. The van der Waals surface area contributed by atoms with E-state index in [1.54, 1.807) is 11.3 Å². The molecular formula is C13H21ClN2S. The van der Waals surface area contributed by atoms with Crippen molar-refractivity contribution in [2.75, 3.05) is 19.6 Å². The van der Waals surface area contributed by atoms with Gasteiger partial charge in [0.2, 0.25) is 0 Å². The number of likely N-dealkylation sites (tertiary alicyclic amines) is 1. The van der Waals surface area contributed by atoms with Crippen molar-refractivity contribution in [1.29, 1.82) is 0 Å². The summed E-state index contributed by atoms with van der Waals surface area (Å²) in [6.07, 6.45) is 1.27. The first-order chi connectivity index (χ1) is 8.11. The largest absolute Gasteiger partial charge is 0.329 e. The van der Waals surface area contributed by atoms with Crippen LogP contribution in [-0.2, 0) is 0 Å². The molecule has 1 aromatic rings. The molecule has 0 bridgehead atoms. The molecule has 2 N–H and O–H groups in total. The van der Waals surface area contributed by atoms with E-state index < -0.39 is 0 Å². The van der Waals surface area contributed by atoms with E-state index in [-0.39, 0.29) is 0 Å². The molecule has 2 nitrogen and oxygen atoms in total. The summed E-state index contributed by atoms with van der Waals surface area (Å²) in [4.78, 5) is 3.83. The van der Waals surface area contributed by atoms with E-state index in [1.807, 2.05) is 5.38 Å². The van der Waals surface area contributed by atoms with Gasteiger partial charge < -0.3 is 5.73 Å². The molecule has 2 heterocycles. The first kappa shape index (κ1) is 13.3. The Labute approximate surface area is 113 Å². The standard InChI is InChI=1S/C13H21ClN2S/c1-9-3-4-16(7-10(9)2)12(6-15)13-5-11(14)8-17-13/h5,8-10,12H,3-4,6-7,15H2,1-2H3. The molecule has 3 unspecified atom stereocenters. The van der Waals surface area contributed by atoms with E-state index >= 15 is 0 Å². The van der Waals surface area contributed by atoms with Gasteiger partial charge in [-0.1, -0.05) is 25.4 Å². The third-order valence-electron chi connectivity index (χ3n) is 3.95. The van der Waals surface area contributed by atoms with Gasteiger partial charge in [0, 0.05) is 23.3 Å². The highest BCUT2D eigenvalue weighted by Crippen LogP contribution is 2.33. The van der Waals surface area contributed by atoms with Gasteiger partial charge >= 0.3 is 0 Å². The number of halogens is 1. The Bertz CT molecular complexity index is 366. The van der Waals surface area contributed by atoms with E-state index in [9.17, 15) is 0 Å². The highest BCUT2D eigenvalue weighted by atomic mass is 35.5.